The second-order valence-corrected chi connectivity index (χ2v) is 11.8. The third-order valence-electron chi connectivity index (χ3n) is 6.44. The Hall–Kier alpha value is -3.15. The van der Waals surface area contributed by atoms with Gasteiger partial charge in [-0.25, -0.2) is 9.97 Å². The fourth-order valence-electron chi connectivity index (χ4n) is 4.46. The van der Waals surface area contributed by atoms with Crippen molar-refractivity contribution in [3.63, 3.8) is 0 Å². The third kappa shape index (κ3) is 4.14. The highest BCUT2D eigenvalue weighted by Crippen LogP contribution is 2.50. The number of fused-ring (bicyclic) bond motifs is 1. The number of benzene rings is 2. The molecule has 8 heteroatoms. The summed E-state index contributed by atoms with van der Waals surface area (Å²) in [6, 6.07) is 14.0. The number of aromatic nitrogens is 3. The first-order valence-corrected chi connectivity index (χ1v) is 13.2. The van der Waals surface area contributed by atoms with E-state index < -0.39 is 7.14 Å². The SMILES string of the molecule is COc1cc(P2(=O)CCC(N)CC2)ccc1Nc1ncc(C)c(-c2c[nH]c3ccccc23)n1. The maximum atomic E-state index is 13.5. The fourth-order valence-corrected chi connectivity index (χ4v) is 7.40. The topological polar surface area (TPSA) is 106 Å². The van der Waals surface area contributed by atoms with Crippen molar-refractivity contribution in [2.75, 3.05) is 24.8 Å². The molecule has 1 saturated heterocycles. The summed E-state index contributed by atoms with van der Waals surface area (Å²) >= 11 is 0. The monoisotopic (exact) mass is 461 g/mol. The van der Waals surface area contributed by atoms with Crippen molar-refractivity contribution in [2.24, 2.45) is 5.73 Å². The quantitative estimate of drug-likeness (QED) is 0.369. The number of aromatic amines is 1. The van der Waals surface area contributed by atoms with Gasteiger partial charge in [0.15, 0.2) is 0 Å². The van der Waals surface area contributed by atoms with Gasteiger partial charge in [-0.05, 0) is 49.6 Å². The largest absolute Gasteiger partial charge is 0.495 e. The Balaban J connectivity index is 1.46. The van der Waals surface area contributed by atoms with Crippen molar-refractivity contribution in [1.29, 1.82) is 0 Å². The predicted octanol–water partition coefficient (Wildman–Crippen LogP) is 4.80. The number of rotatable bonds is 5. The van der Waals surface area contributed by atoms with Crippen molar-refractivity contribution in [3.05, 3.63) is 60.4 Å². The molecule has 1 aliphatic heterocycles. The lowest BCUT2D eigenvalue weighted by Gasteiger charge is -2.27. The second-order valence-electron chi connectivity index (χ2n) is 8.66. The average molecular weight is 462 g/mol. The molecule has 1 fully saturated rings. The number of methoxy groups -OCH3 is 1. The first-order valence-electron chi connectivity index (χ1n) is 11.2. The zero-order chi connectivity index (χ0) is 23.0. The molecule has 4 N–H and O–H groups in total. The minimum Gasteiger partial charge on any atom is -0.495 e. The van der Waals surface area contributed by atoms with E-state index in [1.54, 1.807) is 7.11 Å². The minimum atomic E-state index is -2.44. The number of hydrogen-bond donors (Lipinski definition) is 3. The Labute approximate surface area is 193 Å². The predicted molar refractivity (Wildman–Crippen MR) is 135 cm³/mol. The van der Waals surface area contributed by atoms with E-state index >= 15 is 0 Å². The molecular formula is C25H28N5O2P. The van der Waals surface area contributed by atoms with Crippen LogP contribution in [0.1, 0.15) is 18.4 Å². The molecular weight excluding hydrogens is 433 g/mol. The van der Waals surface area contributed by atoms with Gasteiger partial charge in [-0.2, -0.15) is 0 Å². The summed E-state index contributed by atoms with van der Waals surface area (Å²) in [7, 11) is -0.823. The zero-order valence-corrected chi connectivity index (χ0v) is 19.7. The minimum absolute atomic E-state index is 0.153. The number of ether oxygens (including phenoxy) is 1. The van der Waals surface area contributed by atoms with Crippen LogP contribution in [0.15, 0.2) is 54.9 Å². The van der Waals surface area contributed by atoms with E-state index in [2.05, 4.69) is 21.4 Å². The van der Waals surface area contributed by atoms with Crippen LogP contribution < -0.4 is 21.1 Å². The molecule has 33 heavy (non-hydrogen) atoms. The number of nitrogens with two attached hydrogens (primary N) is 1. The summed E-state index contributed by atoms with van der Waals surface area (Å²) in [6.45, 7) is 2.00. The van der Waals surface area contributed by atoms with Crippen LogP contribution in [-0.4, -0.2) is 40.4 Å². The molecule has 4 aromatic rings. The zero-order valence-electron chi connectivity index (χ0n) is 18.8. The van der Waals surface area contributed by atoms with Gasteiger partial charge in [-0.15, -0.1) is 0 Å². The maximum Gasteiger partial charge on any atom is 0.227 e. The van der Waals surface area contributed by atoms with E-state index in [0.29, 0.717) is 24.0 Å². The Bertz CT molecular complexity index is 1350. The van der Waals surface area contributed by atoms with Crippen LogP contribution in [-0.2, 0) is 4.57 Å². The van der Waals surface area contributed by atoms with E-state index in [4.69, 9.17) is 15.5 Å². The Morgan fingerprint density at radius 2 is 1.97 bits per heavy atom. The smallest absolute Gasteiger partial charge is 0.227 e. The highest BCUT2D eigenvalue weighted by Gasteiger charge is 2.30. The van der Waals surface area contributed by atoms with Crippen LogP contribution in [0.4, 0.5) is 11.6 Å². The first kappa shape index (κ1) is 21.7. The molecule has 0 spiro atoms. The number of aryl methyl sites for hydroxylation is 1. The summed E-state index contributed by atoms with van der Waals surface area (Å²) in [4.78, 5) is 12.6. The third-order valence-corrected chi connectivity index (χ3v) is 9.62. The molecule has 7 nitrogen and oxygen atoms in total. The van der Waals surface area contributed by atoms with Crippen LogP contribution in [0.25, 0.3) is 22.2 Å². The second kappa shape index (κ2) is 8.65. The van der Waals surface area contributed by atoms with Crippen LogP contribution in [0.3, 0.4) is 0 Å². The number of hydrogen-bond acceptors (Lipinski definition) is 6. The molecule has 0 bridgehead atoms. The summed E-state index contributed by atoms with van der Waals surface area (Å²) in [5.41, 5.74) is 10.7. The standard InChI is InChI=1S/C25H28N5O2P/c1-16-14-28-25(30-24(16)20-15-27-21-6-4-3-5-19(20)21)29-22-8-7-18(13-23(22)32-2)33(31)11-9-17(26)10-12-33/h3-8,13-15,17,27H,9-12,26H2,1-2H3,(H,28,29,30). The normalized spacial score (nSPS) is 20.6. The molecule has 1 aliphatic rings. The van der Waals surface area contributed by atoms with E-state index in [-0.39, 0.29) is 6.04 Å². The van der Waals surface area contributed by atoms with Gasteiger partial charge in [-0.3, -0.25) is 0 Å². The first-order chi connectivity index (χ1) is 16.0. The average Bonchev–Trinajstić information content (AvgIpc) is 3.26. The lowest BCUT2D eigenvalue weighted by Crippen LogP contribution is -2.29. The number of H-pyrrole nitrogens is 1. The molecule has 2 aromatic heterocycles. The molecule has 0 aliphatic carbocycles. The van der Waals surface area contributed by atoms with Gasteiger partial charge in [0.25, 0.3) is 0 Å². The number of anilines is 2. The lowest BCUT2D eigenvalue weighted by molar-refractivity contribution is 0.417. The fraction of sp³-hybridized carbons (Fsp3) is 0.280. The van der Waals surface area contributed by atoms with Gasteiger partial charge in [0.1, 0.15) is 12.9 Å². The van der Waals surface area contributed by atoms with Crippen LogP contribution in [0, 0.1) is 6.92 Å². The molecule has 0 amide bonds. The number of nitrogens with zero attached hydrogens (tertiary/aromatic N) is 2. The van der Waals surface area contributed by atoms with Crippen molar-refractivity contribution in [1.82, 2.24) is 15.0 Å². The van der Waals surface area contributed by atoms with Crippen LogP contribution in [0.2, 0.25) is 0 Å². The summed E-state index contributed by atoms with van der Waals surface area (Å²) < 4.78 is 19.1. The van der Waals surface area contributed by atoms with Crippen molar-refractivity contribution in [2.45, 2.75) is 25.8 Å². The Morgan fingerprint density at radius 3 is 2.76 bits per heavy atom. The van der Waals surface area contributed by atoms with Gasteiger partial charge in [-0.1, -0.05) is 18.2 Å². The molecule has 0 unspecified atom stereocenters. The lowest BCUT2D eigenvalue weighted by atomic mass is 10.1. The molecule has 0 saturated carbocycles. The van der Waals surface area contributed by atoms with Gasteiger partial charge < -0.3 is 25.3 Å². The van der Waals surface area contributed by atoms with E-state index in [1.165, 1.54) is 0 Å². The van der Waals surface area contributed by atoms with Gasteiger partial charge in [0, 0.05) is 52.5 Å². The molecule has 2 aromatic carbocycles. The van der Waals surface area contributed by atoms with Crippen LogP contribution >= 0.6 is 7.14 Å². The van der Waals surface area contributed by atoms with Crippen molar-refractivity contribution < 1.29 is 9.30 Å². The Morgan fingerprint density at radius 1 is 1.18 bits per heavy atom. The number of para-hydroxylation sites is 1. The highest BCUT2D eigenvalue weighted by atomic mass is 31.2. The molecule has 0 radical (unpaired) electrons. The van der Waals surface area contributed by atoms with Crippen molar-refractivity contribution in [3.8, 4) is 17.0 Å². The number of nitrogens with one attached hydrogen (secondary N) is 2. The van der Waals surface area contributed by atoms with Gasteiger partial charge in [0.2, 0.25) is 5.95 Å². The van der Waals surface area contributed by atoms with E-state index in [9.17, 15) is 4.57 Å². The van der Waals surface area contributed by atoms with Gasteiger partial charge in [0.05, 0.1) is 18.5 Å². The molecule has 170 valence electrons. The van der Waals surface area contributed by atoms with Crippen molar-refractivity contribution >= 4 is 35.0 Å². The Kier molecular flexibility index (Phi) is 5.69. The summed E-state index contributed by atoms with van der Waals surface area (Å²) in [5, 5.41) is 5.25. The van der Waals surface area contributed by atoms with Gasteiger partial charge >= 0.3 is 0 Å². The maximum absolute atomic E-state index is 13.5. The van der Waals surface area contributed by atoms with Crippen LogP contribution in [0.5, 0.6) is 5.75 Å². The highest BCUT2D eigenvalue weighted by molar-refractivity contribution is 7.71. The van der Waals surface area contributed by atoms with E-state index in [0.717, 1.165) is 51.6 Å². The summed E-state index contributed by atoms with van der Waals surface area (Å²) in [6.07, 6.45) is 6.70. The van der Waals surface area contributed by atoms with E-state index in [1.807, 2.05) is 55.7 Å². The molecule has 0 atom stereocenters. The summed E-state index contributed by atoms with van der Waals surface area (Å²) in [5.74, 6) is 1.10. The molecule has 3 heterocycles. The molecule has 5 rings (SSSR count).